The molecule has 0 saturated heterocycles. The van der Waals surface area contributed by atoms with Crippen LogP contribution < -0.4 is 4.74 Å². The molecular formula is C12H7ClN2O5. The van der Waals surface area contributed by atoms with Crippen LogP contribution in [0.1, 0.15) is 10.4 Å². The first-order chi connectivity index (χ1) is 9.47. The number of benzene rings is 1. The van der Waals surface area contributed by atoms with Crippen LogP contribution in [0.5, 0.6) is 11.5 Å². The Hall–Kier alpha value is -2.67. The first kappa shape index (κ1) is 13.8. The molecule has 0 aliphatic carbocycles. The van der Waals surface area contributed by atoms with Crippen molar-refractivity contribution in [3.63, 3.8) is 0 Å². The van der Waals surface area contributed by atoms with Crippen molar-refractivity contribution in [2.45, 2.75) is 0 Å². The Morgan fingerprint density at radius 3 is 2.65 bits per heavy atom. The van der Waals surface area contributed by atoms with E-state index in [1.165, 1.54) is 24.5 Å². The standard InChI is InChI=1S/C12H7ClN2O5/c13-7-3-9(6-14-5-7)20-8-1-2-10(12(16)17)11(4-8)15(18)19/h1-6H,(H,16,17). The minimum atomic E-state index is -1.38. The van der Waals surface area contributed by atoms with Crippen molar-refractivity contribution in [2.75, 3.05) is 0 Å². The largest absolute Gasteiger partial charge is 0.477 e. The number of carboxylic acid groups (broad SMARTS) is 1. The zero-order valence-corrected chi connectivity index (χ0v) is 10.6. The molecule has 1 heterocycles. The van der Waals surface area contributed by atoms with Crippen LogP contribution in [-0.4, -0.2) is 21.0 Å². The van der Waals surface area contributed by atoms with Crippen LogP contribution in [0.25, 0.3) is 0 Å². The summed E-state index contributed by atoms with van der Waals surface area (Å²) in [4.78, 5) is 24.7. The highest BCUT2D eigenvalue weighted by molar-refractivity contribution is 6.30. The number of pyridine rings is 1. The topological polar surface area (TPSA) is 103 Å². The van der Waals surface area contributed by atoms with Crippen LogP contribution in [0.2, 0.25) is 5.02 Å². The molecule has 0 aliphatic rings. The number of carboxylic acids is 1. The number of halogens is 1. The van der Waals surface area contributed by atoms with Crippen molar-refractivity contribution >= 4 is 23.3 Å². The molecule has 0 atom stereocenters. The van der Waals surface area contributed by atoms with Gasteiger partial charge in [-0.15, -0.1) is 0 Å². The van der Waals surface area contributed by atoms with Crippen LogP contribution in [-0.2, 0) is 0 Å². The van der Waals surface area contributed by atoms with Crippen molar-refractivity contribution < 1.29 is 19.6 Å². The van der Waals surface area contributed by atoms with E-state index in [0.717, 1.165) is 12.1 Å². The second-order valence-corrected chi connectivity index (χ2v) is 4.12. The SMILES string of the molecule is O=C(O)c1ccc(Oc2cncc(Cl)c2)cc1[N+](=O)[O-]. The molecule has 7 nitrogen and oxygen atoms in total. The zero-order chi connectivity index (χ0) is 14.7. The van der Waals surface area contributed by atoms with Crippen LogP contribution in [0.3, 0.4) is 0 Å². The number of hydrogen-bond donors (Lipinski definition) is 1. The molecule has 0 spiro atoms. The highest BCUT2D eigenvalue weighted by Crippen LogP contribution is 2.28. The predicted molar refractivity (Wildman–Crippen MR) is 69.4 cm³/mol. The van der Waals surface area contributed by atoms with E-state index in [-0.39, 0.29) is 11.5 Å². The Balaban J connectivity index is 2.36. The zero-order valence-electron chi connectivity index (χ0n) is 9.82. The Bertz CT molecular complexity index is 689. The number of nitro groups is 1. The van der Waals surface area contributed by atoms with Crippen molar-refractivity contribution in [1.29, 1.82) is 0 Å². The number of nitrogens with zero attached hydrogens (tertiary/aromatic N) is 2. The summed E-state index contributed by atoms with van der Waals surface area (Å²) >= 11 is 5.73. The van der Waals surface area contributed by atoms with Gasteiger partial charge in [0.2, 0.25) is 0 Å². The molecule has 2 aromatic rings. The lowest BCUT2D eigenvalue weighted by molar-refractivity contribution is -0.385. The number of nitro benzene ring substituents is 1. The number of hydrogen-bond acceptors (Lipinski definition) is 5. The van der Waals surface area contributed by atoms with Gasteiger partial charge in [-0.25, -0.2) is 4.79 Å². The summed E-state index contributed by atoms with van der Waals surface area (Å²) in [6.07, 6.45) is 2.78. The van der Waals surface area contributed by atoms with Gasteiger partial charge in [0.25, 0.3) is 5.69 Å². The van der Waals surface area contributed by atoms with Gasteiger partial charge in [0, 0.05) is 12.3 Å². The molecule has 8 heteroatoms. The maximum atomic E-state index is 10.9. The molecule has 1 aromatic carbocycles. The summed E-state index contributed by atoms with van der Waals surface area (Å²) < 4.78 is 5.34. The Kier molecular flexibility index (Phi) is 3.81. The quantitative estimate of drug-likeness (QED) is 0.686. The van der Waals surface area contributed by atoms with Gasteiger partial charge in [-0.3, -0.25) is 15.1 Å². The molecule has 0 amide bonds. The summed E-state index contributed by atoms with van der Waals surface area (Å²) in [5.74, 6) is -0.978. The predicted octanol–water partition coefficient (Wildman–Crippen LogP) is 3.13. The fraction of sp³-hybridized carbons (Fsp3) is 0. The van der Waals surface area contributed by atoms with Crippen LogP contribution in [0.15, 0.2) is 36.7 Å². The second kappa shape index (κ2) is 5.54. The molecule has 0 saturated carbocycles. The third kappa shape index (κ3) is 3.01. The fourth-order valence-electron chi connectivity index (χ4n) is 1.49. The van der Waals surface area contributed by atoms with Crippen molar-refractivity contribution in [2.24, 2.45) is 0 Å². The maximum absolute atomic E-state index is 10.9. The maximum Gasteiger partial charge on any atom is 0.342 e. The first-order valence-corrected chi connectivity index (χ1v) is 5.65. The summed E-state index contributed by atoms with van der Waals surface area (Å²) in [6.45, 7) is 0. The minimum absolute atomic E-state index is 0.116. The van der Waals surface area contributed by atoms with E-state index in [4.69, 9.17) is 21.4 Å². The highest BCUT2D eigenvalue weighted by Gasteiger charge is 2.20. The number of carbonyl (C=O) groups is 1. The average Bonchev–Trinajstić information content (AvgIpc) is 2.38. The Morgan fingerprint density at radius 2 is 2.05 bits per heavy atom. The molecule has 20 heavy (non-hydrogen) atoms. The van der Waals surface area contributed by atoms with Gasteiger partial charge in [-0.05, 0) is 12.1 Å². The average molecular weight is 295 g/mol. The Labute approximate surface area is 117 Å². The molecule has 0 radical (unpaired) electrons. The number of aromatic nitrogens is 1. The highest BCUT2D eigenvalue weighted by atomic mass is 35.5. The van der Waals surface area contributed by atoms with Gasteiger partial charge in [0.1, 0.15) is 17.1 Å². The number of aromatic carboxylic acids is 1. The molecule has 0 aliphatic heterocycles. The van der Waals surface area contributed by atoms with E-state index >= 15 is 0 Å². The number of rotatable bonds is 4. The minimum Gasteiger partial charge on any atom is -0.477 e. The van der Waals surface area contributed by atoms with Crippen molar-refractivity contribution in [1.82, 2.24) is 4.98 Å². The summed E-state index contributed by atoms with van der Waals surface area (Å²) in [5.41, 5.74) is -0.962. The van der Waals surface area contributed by atoms with E-state index in [1.807, 2.05) is 0 Å². The van der Waals surface area contributed by atoms with Crippen LogP contribution in [0.4, 0.5) is 5.69 Å². The summed E-state index contributed by atoms with van der Waals surface area (Å²) in [7, 11) is 0. The van der Waals surface area contributed by atoms with Gasteiger partial charge in [0.05, 0.1) is 22.2 Å². The van der Waals surface area contributed by atoms with Gasteiger partial charge in [-0.1, -0.05) is 11.6 Å². The van der Waals surface area contributed by atoms with Gasteiger partial charge in [-0.2, -0.15) is 0 Å². The summed E-state index contributed by atoms with van der Waals surface area (Å²) in [5, 5.41) is 20.0. The van der Waals surface area contributed by atoms with Gasteiger partial charge in [0.15, 0.2) is 0 Å². The van der Waals surface area contributed by atoms with Gasteiger partial charge < -0.3 is 9.84 Å². The van der Waals surface area contributed by atoms with E-state index < -0.39 is 22.1 Å². The number of ether oxygens (including phenoxy) is 1. The third-order valence-electron chi connectivity index (χ3n) is 2.31. The molecule has 0 fully saturated rings. The van der Waals surface area contributed by atoms with E-state index in [9.17, 15) is 14.9 Å². The second-order valence-electron chi connectivity index (χ2n) is 3.68. The van der Waals surface area contributed by atoms with Gasteiger partial charge >= 0.3 is 5.97 Å². The fourth-order valence-corrected chi connectivity index (χ4v) is 1.65. The molecule has 0 bridgehead atoms. The van der Waals surface area contributed by atoms with E-state index in [1.54, 1.807) is 0 Å². The molecule has 1 aromatic heterocycles. The molecular weight excluding hydrogens is 288 g/mol. The smallest absolute Gasteiger partial charge is 0.342 e. The van der Waals surface area contributed by atoms with Crippen LogP contribution >= 0.6 is 11.6 Å². The Morgan fingerprint density at radius 1 is 1.30 bits per heavy atom. The lowest BCUT2D eigenvalue weighted by atomic mass is 10.2. The lowest BCUT2D eigenvalue weighted by Crippen LogP contribution is -2.02. The van der Waals surface area contributed by atoms with Crippen LogP contribution in [0, 0.1) is 10.1 Å². The molecule has 1 N–H and O–H groups in total. The third-order valence-corrected chi connectivity index (χ3v) is 2.52. The monoisotopic (exact) mass is 294 g/mol. The van der Waals surface area contributed by atoms with Crippen molar-refractivity contribution in [3.8, 4) is 11.5 Å². The van der Waals surface area contributed by atoms with E-state index in [2.05, 4.69) is 4.98 Å². The lowest BCUT2D eigenvalue weighted by Gasteiger charge is -2.06. The van der Waals surface area contributed by atoms with E-state index in [0.29, 0.717) is 5.02 Å². The molecule has 0 unspecified atom stereocenters. The summed E-state index contributed by atoms with van der Waals surface area (Å²) in [6, 6.07) is 4.93. The molecule has 2 rings (SSSR count). The van der Waals surface area contributed by atoms with Crippen molar-refractivity contribution in [3.05, 3.63) is 57.4 Å². The normalized spacial score (nSPS) is 10.1. The molecule has 102 valence electrons. The first-order valence-electron chi connectivity index (χ1n) is 5.27.